The number of ether oxygens (including phenoxy) is 1. The summed E-state index contributed by atoms with van der Waals surface area (Å²) >= 11 is 0. The Labute approximate surface area is 108 Å². The van der Waals surface area contributed by atoms with Crippen LogP contribution in [0.15, 0.2) is 22.6 Å². The van der Waals surface area contributed by atoms with Gasteiger partial charge >= 0.3 is 5.97 Å². The quantitative estimate of drug-likeness (QED) is 0.855. The van der Waals surface area contributed by atoms with Crippen molar-refractivity contribution >= 4 is 22.7 Å². The summed E-state index contributed by atoms with van der Waals surface area (Å²) in [5.41, 5.74) is 0.417. The number of carbonyl (C=O) groups is 2. The third-order valence-corrected chi connectivity index (χ3v) is 3.29. The Morgan fingerprint density at radius 2 is 2.11 bits per heavy atom. The third kappa shape index (κ3) is 1.87. The number of carboxylic acid groups (broad SMARTS) is 1. The van der Waals surface area contributed by atoms with E-state index in [0.29, 0.717) is 16.7 Å². The first kappa shape index (κ1) is 11.8. The summed E-state index contributed by atoms with van der Waals surface area (Å²) in [6, 6.07) is 4.48. The molecule has 1 fully saturated rings. The number of carboxylic acids is 1. The third-order valence-electron chi connectivity index (χ3n) is 3.29. The molecule has 0 bridgehead atoms. The van der Waals surface area contributed by atoms with Crippen molar-refractivity contribution in [1.29, 1.82) is 0 Å². The summed E-state index contributed by atoms with van der Waals surface area (Å²) in [6.07, 6.45) is 1.75. The lowest BCUT2D eigenvalue weighted by atomic mass is 10.1. The molecule has 1 aromatic carbocycles. The lowest BCUT2D eigenvalue weighted by Crippen LogP contribution is -1.98. The van der Waals surface area contributed by atoms with Gasteiger partial charge in [-0.3, -0.25) is 4.79 Å². The smallest absolute Gasteiger partial charge is 0.336 e. The molecule has 2 aromatic rings. The van der Waals surface area contributed by atoms with E-state index >= 15 is 0 Å². The van der Waals surface area contributed by atoms with Crippen molar-refractivity contribution in [2.75, 3.05) is 7.11 Å². The van der Waals surface area contributed by atoms with Crippen LogP contribution in [0.5, 0.6) is 5.75 Å². The van der Waals surface area contributed by atoms with Gasteiger partial charge in [0.25, 0.3) is 0 Å². The highest BCUT2D eigenvalue weighted by atomic mass is 16.5. The minimum atomic E-state index is -1.06. The standard InChI is InChI=1S/C14H12O5/c1-18-10-5-4-8(14(16)17)9-6-11(19-13(9)10)12(15)7-2-3-7/h4-7H,2-3H2,1H3,(H,16,17). The maximum atomic E-state index is 12.0. The van der Waals surface area contributed by atoms with Gasteiger partial charge < -0.3 is 14.3 Å². The van der Waals surface area contributed by atoms with Crippen molar-refractivity contribution in [2.24, 2.45) is 5.92 Å². The number of ketones is 1. The Kier molecular flexibility index (Phi) is 2.55. The van der Waals surface area contributed by atoms with E-state index in [4.69, 9.17) is 14.3 Å². The van der Waals surface area contributed by atoms with E-state index in [-0.39, 0.29) is 23.0 Å². The summed E-state index contributed by atoms with van der Waals surface area (Å²) < 4.78 is 10.6. The zero-order chi connectivity index (χ0) is 13.6. The number of fused-ring (bicyclic) bond motifs is 1. The number of methoxy groups -OCH3 is 1. The van der Waals surface area contributed by atoms with Crippen LogP contribution in [0, 0.1) is 5.92 Å². The van der Waals surface area contributed by atoms with Crippen LogP contribution in [-0.2, 0) is 0 Å². The number of aromatic carboxylic acids is 1. The molecular weight excluding hydrogens is 248 g/mol. The fourth-order valence-corrected chi connectivity index (χ4v) is 2.11. The number of rotatable bonds is 4. The molecular formula is C14H12O5. The van der Waals surface area contributed by atoms with Crippen LogP contribution in [-0.4, -0.2) is 24.0 Å². The number of benzene rings is 1. The van der Waals surface area contributed by atoms with E-state index in [0.717, 1.165) is 12.8 Å². The number of carbonyl (C=O) groups excluding carboxylic acids is 1. The van der Waals surface area contributed by atoms with Gasteiger partial charge in [-0.2, -0.15) is 0 Å². The highest BCUT2D eigenvalue weighted by molar-refractivity contribution is 6.07. The largest absolute Gasteiger partial charge is 0.493 e. The maximum Gasteiger partial charge on any atom is 0.336 e. The van der Waals surface area contributed by atoms with E-state index in [1.807, 2.05) is 0 Å². The molecule has 1 N–H and O–H groups in total. The summed E-state index contributed by atoms with van der Waals surface area (Å²) in [4.78, 5) is 23.1. The zero-order valence-electron chi connectivity index (χ0n) is 10.3. The monoisotopic (exact) mass is 260 g/mol. The number of hydrogen-bond acceptors (Lipinski definition) is 4. The Bertz CT molecular complexity index is 678. The molecule has 5 heteroatoms. The average molecular weight is 260 g/mol. The number of Topliss-reactive ketones (excluding diaryl/α,β-unsaturated/α-hetero) is 1. The molecule has 0 amide bonds. The summed E-state index contributed by atoms with van der Waals surface area (Å²) in [7, 11) is 1.47. The number of hydrogen-bond donors (Lipinski definition) is 1. The van der Waals surface area contributed by atoms with Gasteiger partial charge in [-0.25, -0.2) is 4.79 Å². The molecule has 0 aliphatic heterocycles. The molecule has 1 heterocycles. The first-order chi connectivity index (χ1) is 9.11. The van der Waals surface area contributed by atoms with Gasteiger partial charge in [-0.05, 0) is 31.0 Å². The van der Waals surface area contributed by atoms with Gasteiger partial charge in [0.2, 0.25) is 5.78 Å². The zero-order valence-corrected chi connectivity index (χ0v) is 10.3. The van der Waals surface area contributed by atoms with Crippen molar-refractivity contribution in [3.63, 3.8) is 0 Å². The molecule has 19 heavy (non-hydrogen) atoms. The fourth-order valence-electron chi connectivity index (χ4n) is 2.11. The molecule has 98 valence electrons. The molecule has 1 aromatic heterocycles. The van der Waals surface area contributed by atoms with Crippen LogP contribution in [0.4, 0.5) is 0 Å². The normalized spacial score (nSPS) is 14.6. The van der Waals surface area contributed by atoms with E-state index in [2.05, 4.69) is 0 Å². The molecule has 0 saturated heterocycles. The first-order valence-corrected chi connectivity index (χ1v) is 6.00. The predicted molar refractivity (Wildman–Crippen MR) is 66.8 cm³/mol. The Morgan fingerprint density at radius 1 is 1.37 bits per heavy atom. The Balaban J connectivity index is 2.20. The van der Waals surface area contributed by atoms with Crippen LogP contribution in [0.2, 0.25) is 0 Å². The topological polar surface area (TPSA) is 76.7 Å². The average Bonchev–Trinajstić information content (AvgIpc) is 3.14. The maximum absolute atomic E-state index is 12.0. The van der Waals surface area contributed by atoms with Gasteiger partial charge in [0.05, 0.1) is 12.7 Å². The van der Waals surface area contributed by atoms with Crippen molar-refractivity contribution in [3.05, 3.63) is 29.5 Å². The molecule has 1 saturated carbocycles. The Morgan fingerprint density at radius 3 is 2.68 bits per heavy atom. The molecule has 5 nitrogen and oxygen atoms in total. The molecule has 0 unspecified atom stereocenters. The van der Waals surface area contributed by atoms with Gasteiger partial charge in [0, 0.05) is 11.3 Å². The molecule has 0 spiro atoms. The molecule has 1 aliphatic rings. The summed E-state index contributed by atoms with van der Waals surface area (Å²) in [5, 5.41) is 9.55. The predicted octanol–water partition coefficient (Wildman–Crippen LogP) is 2.73. The second-order valence-electron chi connectivity index (χ2n) is 4.61. The van der Waals surface area contributed by atoms with Crippen molar-refractivity contribution in [1.82, 2.24) is 0 Å². The minimum absolute atomic E-state index is 0.0276. The molecule has 0 radical (unpaired) electrons. The lowest BCUT2D eigenvalue weighted by Gasteiger charge is -2.02. The first-order valence-electron chi connectivity index (χ1n) is 6.00. The molecule has 0 atom stereocenters. The lowest BCUT2D eigenvalue weighted by molar-refractivity contribution is 0.0698. The summed E-state index contributed by atoms with van der Waals surface area (Å²) in [5.74, 6) is -0.451. The SMILES string of the molecule is COc1ccc(C(=O)O)c2cc(C(=O)C3CC3)oc12. The van der Waals surface area contributed by atoms with Crippen LogP contribution in [0.3, 0.4) is 0 Å². The second kappa shape index (κ2) is 4.12. The van der Waals surface area contributed by atoms with Crippen LogP contribution >= 0.6 is 0 Å². The highest BCUT2D eigenvalue weighted by Crippen LogP contribution is 2.37. The number of furan rings is 1. The van der Waals surface area contributed by atoms with Crippen LogP contribution < -0.4 is 4.74 Å². The summed E-state index contributed by atoms with van der Waals surface area (Å²) in [6.45, 7) is 0. The van der Waals surface area contributed by atoms with Crippen molar-refractivity contribution < 1.29 is 23.8 Å². The van der Waals surface area contributed by atoms with Gasteiger partial charge in [0.15, 0.2) is 17.1 Å². The highest BCUT2D eigenvalue weighted by Gasteiger charge is 2.33. The van der Waals surface area contributed by atoms with Crippen molar-refractivity contribution in [3.8, 4) is 5.75 Å². The van der Waals surface area contributed by atoms with Gasteiger partial charge in [-0.15, -0.1) is 0 Å². The Hall–Kier alpha value is -2.30. The van der Waals surface area contributed by atoms with E-state index in [1.165, 1.54) is 25.3 Å². The molecule has 1 aliphatic carbocycles. The minimum Gasteiger partial charge on any atom is -0.493 e. The van der Waals surface area contributed by atoms with Crippen LogP contribution in [0.25, 0.3) is 11.0 Å². The van der Waals surface area contributed by atoms with E-state index < -0.39 is 5.97 Å². The van der Waals surface area contributed by atoms with Crippen LogP contribution in [0.1, 0.15) is 33.8 Å². The second-order valence-corrected chi connectivity index (χ2v) is 4.61. The molecule has 3 rings (SSSR count). The van der Waals surface area contributed by atoms with Crippen molar-refractivity contribution in [2.45, 2.75) is 12.8 Å². The van der Waals surface area contributed by atoms with Gasteiger partial charge in [-0.1, -0.05) is 0 Å². The van der Waals surface area contributed by atoms with E-state index in [9.17, 15) is 9.59 Å². The van der Waals surface area contributed by atoms with E-state index in [1.54, 1.807) is 0 Å². The van der Waals surface area contributed by atoms with Gasteiger partial charge in [0.1, 0.15) is 0 Å². The fraction of sp³-hybridized carbons (Fsp3) is 0.286.